The largest absolute Gasteiger partial charge is 0.493 e. The highest BCUT2D eigenvalue weighted by Gasteiger charge is 2.27. The molecule has 0 radical (unpaired) electrons. The Morgan fingerprint density at radius 2 is 2.24 bits per heavy atom. The minimum atomic E-state index is 0.326. The fourth-order valence-electron chi connectivity index (χ4n) is 2.54. The lowest BCUT2D eigenvalue weighted by molar-refractivity contribution is 0.139. The molecule has 0 N–H and O–H groups in total. The molecule has 0 bridgehead atoms. The molecule has 2 atom stereocenters. The Kier molecular flexibility index (Phi) is 6.84. The SMILES string of the molecule is CCCCOc1ccc2c(c1)OCC[C@H]2C(Br)COCC. The van der Waals surface area contributed by atoms with Gasteiger partial charge in [-0.1, -0.05) is 35.3 Å². The van der Waals surface area contributed by atoms with E-state index in [1.807, 2.05) is 13.0 Å². The van der Waals surface area contributed by atoms with Crippen molar-refractivity contribution >= 4 is 15.9 Å². The minimum absolute atomic E-state index is 0.326. The quantitative estimate of drug-likeness (QED) is 0.505. The normalized spacial score (nSPS) is 18.7. The molecule has 0 fully saturated rings. The summed E-state index contributed by atoms with van der Waals surface area (Å²) in [7, 11) is 0. The number of unbranched alkanes of at least 4 members (excludes halogenated alkanes) is 1. The van der Waals surface area contributed by atoms with Gasteiger partial charge >= 0.3 is 0 Å². The molecule has 0 saturated heterocycles. The van der Waals surface area contributed by atoms with Crippen molar-refractivity contribution in [3.8, 4) is 11.5 Å². The molecule has 0 aliphatic carbocycles. The van der Waals surface area contributed by atoms with E-state index in [2.05, 4.69) is 35.0 Å². The third-order valence-corrected chi connectivity index (χ3v) is 4.66. The predicted octanol–water partition coefficient (Wildman–Crippen LogP) is 4.53. The van der Waals surface area contributed by atoms with Crippen LogP contribution in [0.4, 0.5) is 0 Å². The molecule has 2 rings (SSSR count). The Hall–Kier alpha value is -0.740. The molecule has 1 heterocycles. The first-order valence-corrected chi connectivity index (χ1v) is 8.79. The van der Waals surface area contributed by atoms with E-state index < -0.39 is 0 Å². The number of fused-ring (bicyclic) bond motifs is 1. The first kappa shape index (κ1) is 16.6. The van der Waals surface area contributed by atoms with Gasteiger partial charge in [0.1, 0.15) is 11.5 Å². The topological polar surface area (TPSA) is 27.7 Å². The van der Waals surface area contributed by atoms with Crippen molar-refractivity contribution in [2.75, 3.05) is 26.4 Å². The summed E-state index contributed by atoms with van der Waals surface area (Å²) in [5.41, 5.74) is 1.26. The smallest absolute Gasteiger partial charge is 0.126 e. The van der Waals surface area contributed by atoms with Gasteiger partial charge in [-0.05, 0) is 31.4 Å². The van der Waals surface area contributed by atoms with Crippen LogP contribution in [0.25, 0.3) is 0 Å². The molecular weight excluding hydrogens is 332 g/mol. The molecule has 1 aromatic rings. The summed E-state index contributed by atoms with van der Waals surface area (Å²) in [5.74, 6) is 2.30. The van der Waals surface area contributed by atoms with Crippen LogP contribution in [0, 0.1) is 0 Å². The molecule has 0 spiro atoms. The van der Waals surface area contributed by atoms with E-state index in [-0.39, 0.29) is 0 Å². The van der Waals surface area contributed by atoms with E-state index in [0.29, 0.717) is 10.7 Å². The van der Waals surface area contributed by atoms with Crippen LogP contribution in [0.2, 0.25) is 0 Å². The van der Waals surface area contributed by atoms with Gasteiger partial charge in [0.2, 0.25) is 0 Å². The standard InChI is InChI=1S/C17H25BrO3/c1-3-5-9-20-13-6-7-15-14(16(18)12-19-4-2)8-10-21-17(15)11-13/h6-7,11,14,16H,3-5,8-10,12H2,1-2H3/t14-,16?/m1/s1. The molecule has 1 aliphatic rings. The first-order valence-electron chi connectivity index (χ1n) is 7.87. The average molecular weight is 357 g/mol. The maximum absolute atomic E-state index is 5.81. The van der Waals surface area contributed by atoms with Gasteiger partial charge in [-0.25, -0.2) is 0 Å². The zero-order valence-electron chi connectivity index (χ0n) is 12.9. The summed E-state index contributed by atoms with van der Waals surface area (Å²) in [4.78, 5) is 0.326. The number of ether oxygens (including phenoxy) is 3. The summed E-state index contributed by atoms with van der Waals surface area (Å²) in [6.07, 6.45) is 3.25. The molecule has 4 heteroatoms. The second-order valence-electron chi connectivity index (χ2n) is 5.32. The van der Waals surface area contributed by atoms with Crippen molar-refractivity contribution in [2.45, 2.75) is 43.9 Å². The van der Waals surface area contributed by atoms with Gasteiger partial charge in [-0.2, -0.15) is 0 Å². The van der Waals surface area contributed by atoms with Crippen LogP contribution >= 0.6 is 15.9 Å². The number of alkyl halides is 1. The maximum Gasteiger partial charge on any atom is 0.126 e. The van der Waals surface area contributed by atoms with Crippen LogP contribution in [0.3, 0.4) is 0 Å². The fraction of sp³-hybridized carbons (Fsp3) is 0.647. The summed E-state index contributed by atoms with van der Waals surface area (Å²) in [6, 6.07) is 6.22. The van der Waals surface area contributed by atoms with Crippen molar-refractivity contribution < 1.29 is 14.2 Å². The molecule has 1 aliphatic heterocycles. The van der Waals surface area contributed by atoms with E-state index in [9.17, 15) is 0 Å². The molecule has 118 valence electrons. The van der Waals surface area contributed by atoms with Crippen molar-refractivity contribution in [2.24, 2.45) is 0 Å². The number of hydrogen-bond acceptors (Lipinski definition) is 3. The van der Waals surface area contributed by atoms with E-state index in [1.165, 1.54) is 5.56 Å². The highest BCUT2D eigenvalue weighted by atomic mass is 79.9. The molecule has 0 aromatic heterocycles. The Morgan fingerprint density at radius 3 is 3.00 bits per heavy atom. The summed E-state index contributed by atoms with van der Waals surface area (Å²) < 4.78 is 17.1. The highest BCUT2D eigenvalue weighted by molar-refractivity contribution is 9.09. The van der Waals surface area contributed by atoms with Crippen LogP contribution in [0.1, 0.15) is 44.6 Å². The van der Waals surface area contributed by atoms with E-state index in [0.717, 1.165) is 57.2 Å². The van der Waals surface area contributed by atoms with Crippen LogP contribution in [0.5, 0.6) is 11.5 Å². The Bertz CT molecular complexity index is 436. The molecule has 0 saturated carbocycles. The Balaban J connectivity index is 2.05. The van der Waals surface area contributed by atoms with E-state index in [4.69, 9.17) is 14.2 Å². The first-order chi connectivity index (χ1) is 10.3. The average Bonchev–Trinajstić information content (AvgIpc) is 2.52. The second kappa shape index (κ2) is 8.64. The van der Waals surface area contributed by atoms with Crippen LogP contribution in [-0.4, -0.2) is 31.3 Å². The van der Waals surface area contributed by atoms with E-state index >= 15 is 0 Å². The summed E-state index contributed by atoms with van der Waals surface area (Å²) >= 11 is 3.77. The lowest BCUT2D eigenvalue weighted by Gasteiger charge is -2.29. The second-order valence-corrected chi connectivity index (χ2v) is 6.50. The number of halogens is 1. The third kappa shape index (κ3) is 4.62. The Labute approximate surface area is 136 Å². The zero-order chi connectivity index (χ0) is 15.1. The molecule has 1 unspecified atom stereocenters. The van der Waals surface area contributed by atoms with Gasteiger partial charge in [0.05, 0.1) is 19.8 Å². The number of hydrogen-bond donors (Lipinski definition) is 0. The molecular formula is C17H25BrO3. The van der Waals surface area contributed by atoms with Crippen LogP contribution < -0.4 is 9.47 Å². The Morgan fingerprint density at radius 1 is 1.38 bits per heavy atom. The monoisotopic (exact) mass is 356 g/mol. The molecule has 0 amide bonds. The summed E-state index contributed by atoms with van der Waals surface area (Å²) in [6.45, 7) is 7.20. The van der Waals surface area contributed by atoms with Gasteiger partial charge in [0.25, 0.3) is 0 Å². The fourth-order valence-corrected chi connectivity index (χ4v) is 3.28. The molecule has 1 aromatic carbocycles. The van der Waals surface area contributed by atoms with Gasteiger partial charge in [0, 0.05) is 23.4 Å². The zero-order valence-corrected chi connectivity index (χ0v) is 14.5. The predicted molar refractivity (Wildman–Crippen MR) is 88.9 cm³/mol. The third-order valence-electron chi connectivity index (χ3n) is 3.76. The summed E-state index contributed by atoms with van der Waals surface area (Å²) in [5, 5.41) is 0. The lowest BCUT2D eigenvalue weighted by Crippen LogP contribution is -2.24. The van der Waals surface area contributed by atoms with Crippen molar-refractivity contribution in [1.82, 2.24) is 0 Å². The van der Waals surface area contributed by atoms with Crippen LogP contribution in [0.15, 0.2) is 18.2 Å². The maximum atomic E-state index is 5.81. The van der Waals surface area contributed by atoms with Gasteiger partial charge in [0.15, 0.2) is 0 Å². The number of benzene rings is 1. The molecule has 3 nitrogen and oxygen atoms in total. The van der Waals surface area contributed by atoms with Crippen molar-refractivity contribution in [3.63, 3.8) is 0 Å². The van der Waals surface area contributed by atoms with Gasteiger partial charge in [-0.3, -0.25) is 0 Å². The lowest BCUT2D eigenvalue weighted by atomic mass is 9.90. The number of rotatable bonds is 8. The van der Waals surface area contributed by atoms with Gasteiger partial charge in [-0.15, -0.1) is 0 Å². The van der Waals surface area contributed by atoms with Crippen LogP contribution in [-0.2, 0) is 4.74 Å². The van der Waals surface area contributed by atoms with Crippen molar-refractivity contribution in [3.05, 3.63) is 23.8 Å². The molecule has 21 heavy (non-hydrogen) atoms. The minimum Gasteiger partial charge on any atom is -0.493 e. The highest BCUT2D eigenvalue weighted by Crippen LogP contribution is 2.40. The van der Waals surface area contributed by atoms with E-state index in [1.54, 1.807) is 0 Å². The van der Waals surface area contributed by atoms with Gasteiger partial charge < -0.3 is 14.2 Å². The van der Waals surface area contributed by atoms with Crippen molar-refractivity contribution in [1.29, 1.82) is 0 Å².